The Bertz CT molecular complexity index is 647. The first-order valence-electron chi connectivity index (χ1n) is 9.76. The second kappa shape index (κ2) is 6.47. The molecule has 1 saturated heterocycles. The van der Waals surface area contributed by atoms with E-state index >= 15 is 0 Å². The van der Waals surface area contributed by atoms with Crippen molar-refractivity contribution in [2.45, 2.75) is 65.6 Å². The summed E-state index contributed by atoms with van der Waals surface area (Å²) in [6.07, 6.45) is 0.439. The molecule has 3 fully saturated rings. The van der Waals surface area contributed by atoms with Crippen molar-refractivity contribution < 1.29 is 24.2 Å². The molecule has 0 bridgehead atoms. The number of ether oxygens (including phenoxy) is 1. The van der Waals surface area contributed by atoms with Gasteiger partial charge in [0.15, 0.2) is 0 Å². The molecule has 7 nitrogen and oxygen atoms in total. The SMILES string of the molecule is COC(=O)[C@@H]1[C@@H]2[C@H](CN1C(=O)[C@@H](NC(=O)C1CC(O)C1)C(C)(C)C)C2(C)C. The summed E-state index contributed by atoms with van der Waals surface area (Å²) in [7, 11) is 1.35. The van der Waals surface area contributed by atoms with Crippen LogP contribution in [0.25, 0.3) is 0 Å². The molecule has 3 rings (SSSR count). The number of aliphatic hydroxyl groups is 1. The van der Waals surface area contributed by atoms with E-state index in [2.05, 4.69) is 19.2 Å². The van der Waals surface area contributed by atoms with Crippen LogP contribution < -0.4 is 5.32 Å². The largest absolute Gasteiger partial charge is 0.467 e. The number of carbonyl (C=O) groups is 3. The Morgan fingerprint density at radius 1 is 1.22 bits per heavy atom. The van der Waals surface area contributed by atoms with E-state index in [0.29, 0.717) is 19.4 Å². The lowest BCUT2D eigenvalue weighted by Crippen LogP contribution is -2.59. The van der Waals surface area contributed by atoms with Gasteiger partial charge in [0.1, 0.15) is 12.1 Å². The maximum Gasteiger partial charge on any atom is 0.328 e. The van der Waals surface area contributed by atoms with Crippen molar-refractivity contribution in [2.24, 2.45) is 28.6 Å². The first-order valence-corrected chi connectivity index (χ1v) is 9.76. The zero-order chi connectivity index (χ0) is 20.3. The Kier molecular flexibility index (Phi) is 4.82. The molecule has 3 aliphatic rings. The first-order chi connectivity index (χ1) is 12.4. The molecule has 0 spiro atoms. The van der Waals surface area contributed by atoms with Gasteiger partial charge in [-0.1, -0.05) is 34.6 Å². The smallest absolute Gasteiger partial charge is 0.328 e. The summed E-state index contributed by atoms with van der Waals surface area (Å²) in [6, 6.07) is -1.31. The highest BCUT2D eigenvalue weighted by molar-refractivity contribution is 5.93. The number of amides is 2. The van der Waals surface area contributed by atoms with Gasteiger partial charge in [0, 0.05) is 18.4 Å². The topological polar surface area (TPSA) is 95.9 Å². The quantitative estimate of drug-likeness (QED) is 0.708. The van der Waals surface area contributed by atoms with Gasteiger partial charge < -0.3 is 20.1 Å². The second-order valence-corrected chi connectivity index (χ2v) is 10.0. The zero-order valence-corrected chi connectivity index (χ0v) is 17.1. The van der Waals surface area contributed by atoms with Gasteiger partial charge in [0.25, 0.3) is 0 Å². The van der Waals surface area contributed by atoms with E-state index in [1.165, 1.54) is 7.11 Å². The summed E-state index contributed by atoms with van der Waals surface area (Å²) in [6.45, 7) is 10.5. The van der Waals surface area contributed by atoms with Gasteiger partial charge in [-0.3, -0.25) is 9.59 Å². The van der Waals surface area contributed by atoms with Gasteiger partial charge in [-0.15, -0.1) is 0 Å². The van der Waals surface area contributed by atoms with Gasteiger partial charge in [-0.2, -0.15) is 0 Å². The molecule has 27 heavy (non-hydrogen) atoms. The number of aliphatic hydroxyl groups excluding tert-OH is 1. The average Bonchev–Trinajstić information content (AvgIpc) is 2.91. The van der Waals surface area contributed by atoms with Crippen LogP contribution in [0.2, 0.25) is 0 Å². The van der Waals surface area contributed by atoms with Crippen molar-refractivity contribution in [1.82, 2.24) is 10.2 Å². The number of hydrogen-bond donors (Lipinski definition) is 2. The number of piperidine rings is 1. The van der Waals surface area contributed by atoms with E-state index in [4.69, 9.17) is 4.74 Å². The lowest BCUT2D eigenvalue weighted by atomic mass is 9.80. The summed E-state index contributed by atoms with van der Waals surface area (Å²) in [5.74, 6) is -0.680. The van der Waals surface area contributed by atoms with E-state index < -0.39 is 23.6 Å². The van der Waals surface area contributed by atoms with Crippen molar-refractivity contribution in [1.29, 1.82) is 0 Å². The van der Waals surface area contributed by atoms with E-state index in [0.717, 1.165) is 0 Å². The molecule has 4 atom stereocenters. The number of esters is 1. The third-order valence-corrected chi connectivity index (χ3v) is 6.82. The zero-order valence-electron chi connectivity index (χ0n) is 17.1. The molecule has 0 unspecified atom stereocenters. The van der Waals surface area contributed by atoms with Crippen LogP contribution >= 0.6 is 0 Å². The number of likely N-dealkylation sites (tertiary alicyclic amines) is 1. The first kappa shape index (κ1) is 20.1. The monoisotopic (exact) mass is 380 g/mol. The Morgan fingerprint density at radius 2 is 1.81 bits per heavy atom. The molecule has 2 amide bonds. The molecular formula is C20H32N2O5. The van der Waals surface area contributed by atoms with E-state index in [-0.39, 0.29) is 41.0 Å². The predicted molar refractivity (Wildman–Crippen MR) is 98.4 cm³/mol. The molecule has 152 valence electrons. The highest BCUT2D eigenvalue weighted by atomic mass is 16.5. The highest BCUT2D eigenvalue weighted by Gasteiger charge is 2.70. The van der Waals surface area contributed by atoms with E-state index in [1.54, 1.807) is 4.90 Å². The maximum atomic E-state index is 13.4. The van der Waals surface area contributed by atoms with Gasteiger partial charge in [0.05, 0.1) is 13.2 Å². The summed E-state index contributed by atoms with van der Waals surface area (Å²) in [5, 5.41) is 12.3. The van der Waals surface area contributed by atoms with Gasteiger partial charge in [0.2, 0.25) is 11.8 Å². The average molecular weight is 380 g/mol. The van der Waals surface area contributed by atoms with E-state index in [9.17, 15) is 19.5 Å². The normalized spacial score (nSPS) is 34.9. The third kappa shape index (κ3) is 3.35. The molecule has 2 saturated carbocycles. The van der Waals surface area contributed by atoms with Crippen LogP contribution in [0.4, 0.5) is 0 Å². The Hall–Kier alpha value is -1.63. The molecule has 2 N–H and O–H groups in total. The van der Waals surface area contributed by atoms with Crippen LogP contribution in [-0.2, 0) is 19.1 Å². The van der Waals surface area contributed by atoms with Crippen LogP contribution in [0.3, 0.4) is 0 Å². The predicted octanol–water partition coefficient (Wildman–Crippen LogP) is 0.944. The molecule has 0 aromatic carbocycles. The minimum atomic E-state index is -0.726. The summed E-state index contributed by atoms with van der Waals surface area (Å²) in [4.78, 5) is 39.9. The number of carbonyl (C=O) groups excluding carboxylic acids is 3. The molecular weight excluding hydrogens is 348 g/mol. The molecule has 0 radical (unpaired) electrons. The Morgan fingerprint density at radius 3 is 2.30 bits per heavy atom. The molecule has 2 aliphatic carbocycles. The number of nitrogens with one attached hydrogen (secondary N) is 1. The second-order valence-electron chi connectivity index (χ2n) is 10.0. The Balaban J connectivity index is 1.77. The van der Waals surface area contributed by atoms with Gasteiger partial charge in [-0.05, 0) is 29.6 Å². The maximum absolute atomic E-state index is 13.4. The highest BCUT2D eigenvalue weighted by Crippen LogP contribution is 2.65. The fraction of sp³-hybridized carbons (Fsp3) is 0.850. The van der Waals surface area contributed by atoms with Crippen molar-refractivity contribution in [3.05, 3.63) is 0 Å². The van der Waals surface area contributed by atoms with Crippen molar-refractivity contribution >= 4 is 17.8 Å². The molecule has 1 aliphatic heterocycles. The number of methoxy groups -OCH3 is 1. The molecule has 0 aromatic rings. The van der Waals surface area contributed by atoms with Crippen LogP contribution in [0, 0.1) is 28.6 Å². The van der Waals surface area contributed by atoms with Crippen LogP contribution in [0.15, 0.2) is 0 Å². The summed E-state index contributed by atoms with van der Waals surface area (Å²) in [5.41, 5.74) is -0.476. The van der Waals surface area contributed by atoms with Gasteiger partial charge in [-0.25, -0.2) is 4.79 Å². The van der Waals surface area contributed by atoms with Crippen LogP contribution in [0.5, 0.6) is 0 Å². The molecule has 0 aromatic heterocycles. The minimum absolute atomic E-state index is 0.0260. The summed E-state index contributed by atoms with van der Waals surface area (Å²) < 4.78 is 4.98. The fourth-order valence-corrected chi connectivity index (χ4v) is 4.78. The van der Waals surface area contributed by atoms with Crippen molar-refractivity contribution in [3.63, 3.8) is 0 Å². The summed E-state index contributed by atoms with van der Waals surface area (Å²) >= 11 is 0. The molecule has 1 heterocycles. The van der Waals surface area contributed by atoms with Gasteiger partial charge >= 0.3 is 5.97 Å². The number of hydrogen-bond acceptors (Lipinski definition) is 5. The third-order valence-electron chi connectivity index (χ3n) is 6.82. The van der Waals surface area contributed by atoms with Crippen molar-refractivity contribution in [3.8, 4) is 0 Å². The van der Waals surface area contributed by atoms with Crippen LogP contribution in [0.1, 0.15) is 47.5 Å². The number of rotatable bonds is 4. The number of nitrogens with zero attached hydrogens (tertiary/aromatic N) is 1. The lowest BCUT2D eigenvalue weighted by Gasteiger charge is -2.39. The fourth-order valence-electron chi connectivity index (χ4n) is 4.78. The molecule has 7 heteroatoms. The lowest BCUT2D eigenvalue weighted by molar-refractivity contribution is -0.155. The minimum Gasteiger partial charge on any atom is -0.467 e. The van der Waals surface area contributed by atoms with E-state index in [1.807, 2.05) is 20.8 Å². The number of fused-ring (bicyclic) bond motifs is 1. The standard InChI is InChI=1S/C20H32N2O5/c1-19(2,3)15(21-16(24)10-7-11(23)8-10)17(25)22-9-12-13(20(12,4)5)14(22)18(26)27-6/h10-15,23H,7-9H2,1-6H3,(H,21,24)/t10?,11?,12-,13-,14-,15+/m0/s1. The van der Waals surface area contributed by atoms with Crippen LogP contribution in [-0.4, -0.2) is 59.6 Å². The van der Waals surface area contributed by atoms with Crippen molar-refractivity contribution in [2.75, 3.05) is 13.7 Å². The Labute approximate surface area is 160 Å².